The lowest BCUT2D eigenvalue weighted by Gasteiger charge is -2.27. The van der Waals surface area contributed by atoms with E-state index in [1.165, 1.54) is 0 Å². The van der Waals surface area contributed by atoms with Crippen molar-refractivity contribution in [2.45, 2.75) is 32.9 Å². The van der Waals surface area contributed by atoms with Crippen LogP contribution in [0.5, 0.6) is 0 Å². The summed E-state index contributed by atoms with van der Waals surface area (Å²) >= 11 is 0. The second-order valence-electron chi connectivity index (χ2n) is 4.20. The number of nitriles is 1. The number of aromatic nitrogens is 2. The fraction of sp³-hybridized carbons (Fsp3) is 0.583. The third-order valence-electron chi connectivity index (χ3n) is 2.43. The van der Waals surface area contributed by atoms with Gasteiger partial charge < -0.3 is 15.4 Å². The average molecular weight is 249 g/mol. The maximum Gasteiger partial charge on any atom is 0.158 e. The minimum Gasteiger partial charge on any atom is -0.384 e. The number of nitrogen functional groups attached to an aromatic ring is 1. The molecule has 0 aliphatic heterocycles. The van der Waals surface area contributed by atoms with E-state index < -0.39 is 0 Å². The minimum atomic E-state index is 0.239. The predicted molar refractivity (Wildman–Crippen MR) is 69.9 cm³/mol. The molecule has 0 aliphatic carbocycles. The molecule has 0 amide bonds. The Kier molecular flexibility index (Phi) is 5.33. The Balaban J connectivity index is 3.00. The molecule has 2 N–H and O–H groups in total. The second kappa shape index (κ2) is 6.77. The first-order chi connectivity index (χ1) is 8.58. The van der Waals surface area contributed by atoms with Gasteiger partial charge in [-0.3, -0.25) is 0 Å². The lowest BCUT2D eigenvalue weighted by molar-refractivity contribution is 0.178. The zero-order valence-electron chi connectivity index (χ0n) is 11.1. The molecule has 0 aliphatic rings. The van der Waals surface area contributed by atoms with Gasteiger partial charge in [0.25, 0.3) is 0 Å². The maximum absolute atomic E-state index is 8.68. The van der Waals surface area contributed by atoms with E-state index in [-0.39, 0.29) is 6.04 Å². The molecule has 0 saturated heterocycles. The number of nitrogens with two attached hydrogens (primary N) is 1. The highest BCUT2D eigenvalue weighted by molar-refractivity contribution is 5.47. The van der Waals surface area contributed by atoms with Crippen LogP contribution in [0.15, 0.2) is 6.07 Å². The van der Waals surface area contributed by atoms with Crippen LogP contribution in [0.4, 0.5) is 11.6 Å². The van der Waals surface area contributed by atoms with E-state index in [0.717, 1.165) is 5.82 Å². The topological polar surface area (TPSA) is 88.1 Å². The lowest BCUT2D eigenvalue weighted by atomic mass is 10.3. The van der Waals surface area contributed by atoms with Crippen molar-refractivity contribution < 1.29 is 4.74 Å². The zero-order chi connectivity index (χ0) is 13.5. The first kappa shape index (κ1) is 14.2. The SMILES string of the molecule is COCc1nc(N)cc(N(CCC#N)C(C)C)n1. The number of nitrogens with zero attached hydrogens (tertiary/aromatic N) is 4. The van der Waals surface area contributed by atoms with E-state index in [9.17, 15) is 0 Å². The van der Waals surface area contributed by atoms with Gasteiger partial charge >= 0.3 is 0 Å². The van der Waals surface area contributed by atoms with E-state index in [1.807, 2.05) is 18.7 Å². The number of anilines is 2. The van der Waals surface area contributed by atoms with E-state index in [4.69, 9.17) is 15.7 Å². The van der Waals surface area contributed by atoms with Gasteiger partial charge in [-0.25, -0.2) is 9.97 Å². The smallest absolute Gasteiger partial charge is 0.158 e. The Hall–Kier alpha value is -1.87. The Morgan fingerprint density at radius 1 is 1.50 bits per heavy atom. The number of rotatable bonds is 6. The largest absolute Gasteiger partial charge is 0.384 e. The molecular weight excluding hydrogens is 230 g/mol. The molecule has 18 heavy (non-hydrogen) atoms. The Labute approximate surface area is 107 Å². The standard InChI is InChI=1S/C12H19N5O/c1-9(2)17(6-4-5-13)12-7-10(14)15-11(16-12)8-18-3/h7,9H,4,6,8H2,1-3H3,(H2,14,15,16). The summed E-state index contributed by atoms with van der Waals surface area (Å²) in [6, 6.07) is 4.09. The van der Waals surface area contributed by atoms with E-state index >= 15 is 0 Å². The number of hydrogen-bond acceptors (Lipinski definition) is 6. The van der Waals surface area contributed by atoms with Gasteiger partial charge in [0.15, 0.2) is 5.82 Å². The first-order valence-corrected chi connectivity index (χ1v) is 5.84. The zero-order valence-corrected chi connectivity index (χ0v) is 11.1. The van der Waals surface area contributed by atoms with Crippen LogP contribution in [0.2, 0.25) is 0 Å². The van der Waals surface area contributed by atoms with Crippen molar-refractivity contribution in [3.8, 4) is 6.07 Å². The van der Waals surface area contributed by atoms with Crippen molar-refractivity contribution in [2.75, 3.05) is 24.3 Å². The fourth-order valence-corrected chi connectivity index (χ4v) is 1.65. The summed E-state index contributed by atoms with van der Waals surface area (Å²) in [6.45, 7) is 5.04. The van der Waals surface area contributed by atoms with Gasteiger partial charge in [0.2, 0.25) is 0 Å². The second-order valence-corrected chi connectivity index (χ2v) is 4.20. The maximum atomic E-state index is 8.68. The first-order valence-electron chi connectivity index (χ1n) is 5.84. The summed E-state index contributed by atoms with van der Waals surface area (Å²) in [6.07, 6.45) is 0.446. The van der Waals surface area contributed by atoms with Crippen molar-refractivity contribution in [1.82, 2.24) is 9.97 Å². The van der Waals surface area contributed by atoms with Gasteiger partial charge in [-0.15, -0.1) is 0 Å². The van der Waals surface area contributed by atoms with Crippen molar-refractivity contribution in [2.24, 2.45) is 0 Å². The minimum absolute atomic E-state index is 0.239. The highest BCUT2D eigenvalue weighted by atomic mass is 16.5. The van der Waals surface area contributed by atoms with Crippen LogP contribution in [0, 0.1) is 11.3 Å². The van der Waals surface area contributed by atoms with E-state index in [1.54, 1.807) is 13.2 Å². The molecule has 0 radical (unpaired) electrons. The molecule has 0 aromatic carbocycles. The molecule has 1 heterocycles. The van der Waals surface area contributed by atoms with Crippen molar-refractivity contribution >= 4 is 11.6 Å². The quantitative estimate of drug-likeness (QED) is 0.818. The van der Waals surface area contributed by atoms with Crippen LogP contribution in [0.25, 0.3) is 0 Å². The number of methoxy groups -OCH3 is 1. The molecule has 0 saturated carbocycles. The van der Waals surface area contributed by atoms with Crippen LogP contribution >= 0.6 is 0 Å². The van der Waals surface area contributed by atoms with Gasteiger partial charge in [0.05, 0.1) is 12.5 Å². The molecule has 1 aromatic heterocycles. The summed E-state index contributed by atoms with van der Waals surface area (Å²) in [4.78, 5) is 10.5. The molecule has 0 fully saturated rings. The third-order valence-corrected chi connectivity index (χ3v) is 2.43. The van der Waals surface area contributed by atoms with Gasteiger partial charge in [0.1, 0.15) is 18.2 Å². The van der Waals surface area contributed by atoms with Gasteiger partial charge in [0, 0.05) is 25.8 Å². The molecule has 1 rings (SSSR count). The molecule has 6 nitrogen and oxygen atoms in total. The van der Waals surface area contributed by atoms with Gasteiger partial charge in [-0.1, -0.05) is 0 Å². The molecule has 0 bridgehead atoms. The highest BCUT2D eigenvalue weighted by Gasteiger charge is 2.13. The fourth-order valence-electron chi connectivity index (χ4n) is 1.65. The normalized spacial score (nSPS) is 10.4. The molecule has 0 atom stereocenters. The number of hydrogen-bond donors (Lipinski definition) is 1. The van der Waals surface area contributed by atoms with Crippen molar-refractivity contribution in [3.05, 3.63) is 11.9 Å². The summed E-state index contributed by atoms with van der Waals surface area (Å²) in [5, 5.41) is 8.68. The van der Waals surface area contributed by atoms with E-state index in [0.29, 0.717) is 31.2 Å². The molecule has 1 aromatic rings. The van der Waals surface area contributed by atoms with Crippen LogP contribution in [-0.2, 0) is 11.3 Å². The summed E-state index contributed by atoms with van der Waals surface area (Å²) in [7, 11) is 1.59. The molecule has 6 heteroatoms. The third kappa shape index (κ3) is 3.86. The lowest BCUT2D eigenvalue weighted by Crippen LogP contribution is -2.32. The summed E-state index contributed by atoms with van der Waals surface area (Å²) in [5.41, 5.74) is 5.76. The van der Waals surface area contributed by atoms with Gasteiger partial charge in [-0.05, 0) is 13.8 Å². The molecule has 0 spiro atoms. The van der Waals surface area contributed by atoms with E-state index in [2.05, 4.69) is 16.0 Å². The van der Waals surface area contributed by atoms with Crippen LogP contribution in [0.3, 0.4) is 0 Å². The highest BCUT2D eigenvalue weighted by Crippen LogP contribution is 2.17. The Morgan fingerprint density at radius 3 is 2.78 bits per heavy atom. The Morgan fingerprint density at radius 2 is 2.22 bits per heavy atom. The van der Waals surface area contributed by atoms with Crippen molar-refractivity contribution in [3.63, 3.8) is 0 Å². The molecular formula is C12H19N5O. The molecule has 0 unspecified atom stereocenters. The van der Waals surface area contributed by atoms with Crippen LogP contribution in [0.1, 0.15) is 26.1 Å². The Bertz CT molecular complexity index is 427. The summed E-state index contributed by atoms with van der Waals surface area (Å²) in [5.74, 6) is 1.70. The van der Waals surface area contributed by atoms with Crippen LogP contribution < -0.4 is 10.6 Å². The molecule has 98 valence electrons. The average Bonchev–Trinajstić information content (AvgIpc) is 2.28. The number of ether oxygens (including phenoxy) is 1. The summed E-state index contributed by atoms with van der Waals surface area (Å²) < 4.78 is 5.01. The van der Waals surface area contributed by atoms with Crippen molar-refractivity contribution in [1.29, 1.82) is 5.26 Å². The van der Waals surface area contributed by atoms with Gasteiger partial charge in [-0.2, -0.15) is 5.26 Å². The predicted octanol–water partition coefficient (Wildman–Crippen LogP) is 1.33. The van der Waals surface area contributed by atoms with Crippen LogP contribution in [-0.4, -0.2) is 29.7 Å². The monoisotopic (exact) mass is 249 g/mol.